The van der Waals surface area contributed by atoms with E-state index in [1.165, 1.54) is 21.5 Å². The molecule has 0 aliphatic rings. The first-order valence-corrected chi connectivity index (χ1v) is 14.2. The van der Waals surface area contributed by atoms with Crippen LogP contribution in [-0.4, -0.2) is 28.0 Å². The zero-order valence-corrected chi connectivity index (χ0v) is 21.9. The monoisotopic (exact) mass is 501 g/mol. The van der Waals surface area contributed by atoms with Crippen molar-refractivity contribution < 1.29 is 0 Å². The Hall–Kier alpha value is -3.65. The van der Waals surface area contributed by atoms with Gasteiger partial charge in [-0.1, -0.05) is 91.0 Å². The van der Waals surface area contributed by atoms with E-state index in [-0.39, 0.29) is 0 Å². The van der Waals surface area contributed by atoms with Gasteiger partial charge in [0.05, 0.1) is 0 Å². The number of hydrogen-bond acceptors (Lipinski definition) is 3. The highest BCUT2D eigenvalue weighted by atomic mass is 31.1. The van der Waals surface area contributed by atoms with Gasteiger partial charge in [0.2, 0.25) is 0 Å². The van der Waals surface area contributed by atoms with E-state index in [1.807, 2.05) is 24.5 Å². The van der Waals surface area contributed by atoms with E-state index in [0.29, 0.717) is 0 Å². The Morgan fingerprint density at radius 1 is 0.514 bits per heavy atom. The van der Waals surface area contributed by atoms with Crippen molar-refractivity contribution in [3.05, 3.63) is 151 Å². The van der Waals surface area contributed by atoms with Crippen LogP contribution >= 0.6 is 7.92 Å². The minimum absolute atomic E-state index is 0.614. The summed E-state index contributed by atoms with van der Waals surface area (Å²) in [5.74, 6) is 0. The lowest BCUT2D eigenvalue weighted by molar-refractivity contribution is 0.270. The number of hydrogen-bond donors (Lipinski definition) is 0. The van der Waals surface area contributed by atoms with Crippen LogP contribution in [0.3, 0.4) is 0 Å². The molecule has 3 aromatic carbocycles. The molecule has 0 aliphatic carbocycles. The zero-order chi connectivity index (χ0) is 25.1. The Balaban J connectivity index is 1.38. The molecule has 0 saturated carbocycles. The molecule has 0 amide bonds. The van der Waals surface area contributed by atoms with Gasteiger partial charge in [-0.05, 0) is 59.7 Å². The van der Waals surface area contributed by atoms with Crippen LogP contribution in [0.2, 0.25) is 0 Å². The number of nitrogens with zero attached hydrogens (tertiary/aromatic N) is 3. The van der Waals surface area contributed by atoms with Crippen molar-refractivity contribution in [2.24, 2.45) is 0 Å². The van der Waals surface area contributed by atoms with Gasteiger partial charge in [-0.2, -0.15) is 0 Å². The van der Waals surface area contributed by atoms with Crippen LogP contribution in [0.5, 0.6) is 0 Å². The fourth-order valence-corrected chi connectivity index (χ4v) is 6.93. The Kier molecular flexibility index (Phi) is 8.83. The molecule has 184 valence electrons. The van der Waals surface area contributed by atoms with Crippen molar-refractivity contribution in [2.45, 2.75) is 19.4 Å². The molecule has 2 aromatic heterocycles. The van der Waals surface area contributed by atoms with E-state index in [0.717, 1.165) is 43.9 Å². The fourth-order valence-electron chi connectivity index (χ4n) is 4.56. The first-order chi connectivity index (χ1) is 18.3. The van der Waals surface area contributed by atoms with Gasteiger partial charge in [0.1, 0.15) is 0 Å². The molecule has 0 spiro atoms. The highest BCUT2D eigenvalue weighted by Gasteiger charge is 2.17. The molecule has 0 unspecified atom stereocenters. The van der Waals surface area contributed by atoms with E-state index in [4.69, 9.17) is 0 Å². The quantitative estimate of drug-likeness (QED) is 0.223. The Morgan fingerprint density at radius 3 is 1.54 bits per heavy atom. The highest BCUT2D eigenvalue weighted by molar-refractivity contribution is 7.79. The molecule has 0 aliphatic heterocycles. The molecule has 0 bridgehead atoms. The second-order valence-electron chi connectivity index (χ2n) is 9.09. The Bertz CT molecular complexity index is 1260. The van der Waals surface area contributed by atoms with Crippen molar-refractivity contribution in [3.8, 4) is 0 Å². The first-order valence-electron chi connectivity index (χ1n) is 12.9. The fraction of sp³-hybridized carbons (Fsp3) is 0.152. The third-order valence-electron chi connectivity index (χ3n) is 6.42. The second kappa shape index (κ2) is 13.1. The van der Waals surface area contributed by atoms with Crippen LogP contribution in [0.4, 0.5) is 0 Å². The molecular weight excluding hydrogens is 469 g/mol. The maximum Gasteiger partial charge on any atom is 0.0416 e. The number of aromatic nitrogens is 2. The van der Waals surface area contributed by atoms with E-state index >= 15 is 0 Å². The molecule has 5 rings (SSSR count). The molecule has 5 aromatic rings. The van der Waals surface area contributed by atoms with Crippen molar-refractivity contribution in [1.29, 1.82) is 0 Å². The lowest BCUT2D eigenvalue weighted by Gasteiger charge is -2.24. The van der Waals surface area contributed by atoms with Crippen molar-refractivity contribution in [3.63, 3.8) is 0 Å². The van der Waals surface area contributed by atoms with E-state index in [1.54, 1.807) is 0 Å². The standard InChI is InChI=1S/C33H32N3P/c1-3-15-31(16-4-1)37(32-17-5-2-6-18-32)33-19-11-12-28(26-33)27-36(24-20-29-13-7-9-22-34-29)25-21-30-14-8-10-23-35-30/h1-19,22-23,26H,20-21,24-25,27H2. The summed E-state index contributed by atoms with van der Waals surface area (Å²) in [5, 5.41) is 4.14. The van der Waals surface area contributed by atoms with E-state index in [9.17, 15) is 0 Å². The van der Waals surface area contributed by atoms with Crippen molar-refractivity contribution in [1.82, 2.24) is 14.9 Å². The predicted molar refractivity (Wildman–Crippen MR) is 156 cm³/mol. The van der Waals surface area contributed by atoms with Crippen LogP contribution in [0.1, 0.15) is 17.0 Å². The lowest BCUT2D eigenvalue weighted by atomic mass is 10.1. The Labute approximate surface area is 221 Å². The zero-order valence-electron chi connectivity index (χ0n) is 21.0. The summed E-state index contributed by atoms with van der Waals surface area (Å²) >= 11 is 0. The van der Waals surface area contributed by atoms with Gasteiger partial charge in [0.15, 0.2) is 0 Å². The minimum Gasteiger partial charge on any atom is -0.298 e. The molecule has 2 heterocycles. The first kappa shape index (κ1) is 25.0. The summed E-state index contributed by atoms with van der Waals surface area (Å²) in [7, 11) is -0.614. The average Bonchev–Trinajstić information content (AvgIpc) is 2.97. The number of rotatable bonds is 11. The van der Waals surface area contributed by atoms with Gasteiger partial charge in [0.25, 0.3) is 0 Å². The van der Waals surface area contributed by atoms with E-state index < -0.39 is 7.92 Å². The molecule has 4 heteroatoms. The smallest absolute Gasteiger partial charge is 0.0416 e. The summed E-state index contributed by atoms with van der Waals surface area (Å²) in [4.78, 5) is 11.6. The topological polar surface area (TPSA) is 29.0 Å². The maximum atomic E-state index is 4.54. The van der Waals surface area contributed by atoms with Crippen LogP contribution in [0.15, 0.2) is 134 Å². The van der Waals surface area contributed by atoms with Crippen molar-refractivity contribution >= 4 is 23.8 Å². The SMILES string of the molecule is c1ccc(P(c2ccccc2)c2cccc(CN(CCc3ccccn3)CCc3ccccn3)c2)cc1. The normalized spacial score (nSPS) is 11.2. The summed E-state index contributed by atoms with van der Waals surface area (Å²) < 4.78 is 0. The Morgan fingerprint density at radius 2 is 1.03 bits per heavy atom. The third kappa shape index (κ3) is 7.20. The van der Waals surface area contributed by atoms with Crippen LogP contribution in [0.25, 0.3) is 0 Å². The summed E-state index contributed by atoms with van der Waals surface area (Å²) in [6, 6.07) is 43.4. The van der Waals surface area contributed by atoms with Gasteiger partial charge in [0, 0.05) is 56.3 Å². The molecule has 37 heavy (non-hydrogen) atoms. The minimum atomic E-state index is -0.614. The van der Waals surface area contributed by atoms with Crippen LogP contribution in [-0.2, 0) is 19.4 Å². The van der Waals surface area contributed by atoms with Crippen LogP contribution < -0.4 is 15.9 Å². The molecular formula is C33H32N3P. The molecule has 0 N–H and O–H groups in total. The predicted octanol–water partition coefficient (Wildman–Crippen LogP) is 5.52. The molecule has 0 atom stereocenters. The highest BCUT2D eigenvalue weighted by Crippen LogP contribution is 2.32. The van der Waals surface area contributed by atoms with Crippen molar-refractivity contribution in [2.75, 3.05) is 13.1 Å². The van der Waals surface area contributed by atoms with Crippen LogP contribution in [0, 0.1) is 0 Å². The summed E-state index contributed by atoms with van der Waals surface area (Å²) in [6.07, 6.45) is 5.63. The van der Waals surface area contributed by atoms with E-state index in [2.05, 4.69) is 124 Å². The second-order valence-corrected chi connectivity index (χ2v) is 11.3. The van der Waals surface area contributed by atoms with Gasteiger partial charge >= 0.3 is 0 Å². The number of pyridine rings is 2. The molecule has 0 radical (unpaired) electrons. The molecule has 0 saturated heterocycles. The summed E-state index contributed by atoms with van der Waals surface area (Å²) in [6.45, 7) is 2.82. The largest absolute Gasteiger partial charge is 0.298 e. The van der Waals surface area contributed by atoms with Gasteiger partial charge in [-0.15, -0.1) is 0 Å². The molecule has 3 nitrogen and oxygen atoms in total. The average molecular weight is 502 g/mol. The maximum absolute atomic E-state index is 4.54. The lowest BCUT2D eigenvalue weighted by Crippen LogP contribution is -2.29. The summed E-state index contributed by atoms with van der Waals surface area (Å²) in [5.41, 5.74) is 3.62. The molecule has 0 fully saturated rings. The van der Waals surface area contributed by atoms with Gasteiger partial charge in [-0.25, -0.2) is 0 Å². The third-order valence-corrected chi connectivity index (χ3v) is 8.85. The van der Waals surface area contributed by atoms with Gasteiger partial charge < -0.3 is 0 Å². The number of benzene rings is 3. The van der Waals surface area contributed by atoms with Gasteiger partial charge in [-0.3, -0.25) is 14.9 Å².